The van der Waals surface area contributed by atoms with E-state index in [0.717, 1.165) is 12.0 Å². The van der Waals surface area contributed by atoms with Crippen LogP contribution in [0.25, 0.3) is 0 Å². The van der Waals surface area contributed by atoms with Crippen molar-refractivity contribution in [2.45, 2.75) is 56.3 Å². The Kier molecular flexibility index (Phi) is 4.77. The molecule has 3 heterocycles. The van der Waals surface area contributed by atoms with Crippen molar-refractivity contribution in [3.05, 3.63) is 35.9 Å². The molecule has 0 radical (unpaired) electrons. The van der Waals surface area contributed by atoms with E-state index in [1.165, 1.54) is 4.90 Å². The number of piperazine rings is 1. The van der Waals surface area contributed by atoms with Crippen LogP contribution in [0.15, 0.2) is 30.3 Å². The van der Waals surface area contributed by atoms with Gasteiger partial charge in [-0.25, -0.2) is 0 Å². The van der Waals surface area contributed by atoms with E-state index in [4.69, 9.17) is 10.5 Å². The van der Waals surface area contributed by atoms with Gasteiger partial charge in [0, 0.05) is 13.0 Å². The first-order valence-electron chi connectivity index (χ1n) is 8.80. The van der Waals surface area contributed by atoms with E-state index in [-0.39, 0.29) is 24.7 Å². The predicted molar refractivity (Wildman–Crippen MR) is 96.0 cm³/mol. The van der Waals surface area contributed by atoms with Crippen molar-refractivity contribution < 1.29 is 19.4 Å². The minimum atomic E-state index is -1.86. The second kappa shape index (κ2) is 6.49. The lowest BCUT2D eigenvalue weighted by atomic mass is 9.96. The van der Waals surface area contributed by atoms with Crippen molar-refractivity contribution in [2.24, 2.45) is 5.73 Å². The summed E-state index contributed by atoms with van der Waals surface area (Å²) in [7, 11) is 0. The molecule has 4 atom stereocenters. The van der Waals surface area contributed by atoms with Gasteiger partial charge in [-0.2, -0.15) is 0 Å². The second-order valence-corrected chi connectivity index (χ2v) is 7.07. The predicted octanol–water partition coefficient (Wildman–Crippen LogP) is 0.594. The van der Waals surface area contributed by atoms with Crippen LogP contribution in [0.5, 0.6) is 0 Å². The molecule has 0 aliphatic carbocycles. The molecular formula is C18H24ClN3O4. The topological polar surface area (TPSA) is 96.1 Å². The Bertz CT molecular complexity index is 718. The molecule has 0 saturated carbocycles. The molecule has 2 amide bonds. The summed E-state index contributed by atoms with van der Waals surface area (Å²) in [6, 6.07) is 8.09. The first kappa shape index (κ1) is 19.1. The van der Waals surface area contributed by atoms with E-state index in [9.17, 15) is 14.7 Å². The van der Waals surface area contributed by atoms with Crippen molar-refractivity contribution in [3.8, 4) is 0 Å². The molecule has 0 aromatic heterocycles. The number of hydrogen-bond donors (Lipinski definition) is 2. The highest BCUT2D eigenvalue weighted by Crippen LogP contribution is 2.45. The minimum Gasteiger partial charge on any atom is -0.347 e. The van der Waals surface area contributed by atoms with E-state index in [2.05, 4.69) is 0 Å². The van der Waals surface area contributed by atoms with E-state index in [1.807, 2.05) is 30.3 Å². The van der Waals surface area contributed by atoms with Crippen LogP contribution < -0.4 is 5.73 Å². The van der Waals surface area contributed by atoms with Crippen molar-refractivity contribution >= 4 is 24.2 Å². The Morgan fingerprint density at radius 1 is 1.31 bits per heavy atom. The zero-order chi connectivity index (χ0) is 17.8. The third-order valence-corrected chi connectivity index (χ3v) is 5.62. The number of carbonyl (C=O) groups is 2. The van der Waals surface area contributed by atoms with Gasteiger partial charge in [-0.1, -0.05) is 37.3 Å². The fourth-order valence-corrected chi connectivity index (χ4v) is 4.27. The lowest BCUT2D eigenvalue weighted by Gasteiger charge is -2.48. The highest BCUT2D eigenvalue weighted by molar-refractivity contribution is 5.94. The summed E-state index contributed by atoms with van der Waals surface area (Å²) in [5.41, 5.74) is 5.45. The number of ether oxygens (including phenoxy) is 1. The minimum absolute atomic E-state index is 0. The van der Waals surface area contributed by atoms with Crippen molar-refractivity contribution in [3.63, 3.8) is 0 Å². The smallest absolute Gasteiger partial charge is 0.275 e. The van der Waals surface area contributed by atoms with E-state index in [0.29, 0.717) is 19.4 Å². The molecule has 3 N–H and O–H groups in total. The first-order valence-corrected chi connectivity index (χ1v) is 8.80. The van der Waals surface area contributed by atoms with Crippen LogP contribution in [0.1, 0.15) is 31.7 Å². The SMILES string of the molecule is CC[C@@]1(N)O[C@@]2(O)[C@@H]3CCCN3C(=O)[C@H](Cc3ccccc3)N2C1=O.Cl. The lowest BCUT2D eigenvalue weighted by molar-refractivity contribution is -0.314. The van der Waals surface area contributed by atoms with Crippen LogP contribution in [0.4, 0.5) is 0 Å². The number of nitrogens with two attached hydrogens (primary N) is 1. The van der Waals surface area contributed by atoms with E-state index in [1.54, 1.807) is 11.8 Å². The van der Waals surface area contributed by atoms with Gasteiger partial charge >= 0.3 is 0 Å². The molecule has 3 aliphatic rings. The molecule has 1 aromatic rings. The Balaban J connectivity index is 0.00000196. The molecule has 142 valence electrons. The number of amides is 2. The molecule has 1 aromatic carbocycles. The van der Waals surface area contributed by atoms with Crippen molar-refractivity contribution in [1.29, 1.82) is 0 Å². The number of rotatable bonds is 3. The summed E-state index contributed by atoms with van der Waals surface area (Å²) in [5, 5.41) is 11.3. The molecule has 0 spiro atoms. The Morgan fingerprint density at radius 2 is 2.00 bits per heavy atom. The molecule has 7 nitrogen and oxygen atoms in total. The van der Waals surface area contributed by atoms with Gasteiger partial charge in [-0.15, -0.1) is 12.4 Å². The van der Waals surface area contributed by atoms with Gasteiger partial charge in [-0.3, -0.25) is 20.2 Å². The standard InChI is InChI=1S/C18H23N3O4.ClH/c1-2-17(19)16(23)21-13(11-12-7-4-3-5-8-12)15(22)20-10-6-9-14(20)18(21,24)25-17;/h3-5,7-8,13-14,24H,2,6,9-11,19H2,1H3;1H/t13-,14-,17+,18-;/m0./s1. The zero-order valence-corrected chi connectivity index (χ0v) is 15.4. The summed E-state index contributed by atoms with van der Waals surface area (Å²) >= 11 is 0. The Morgan fingerprint density at radius 3 is 2.65 bits per heavy atom. The maximum atomic E-state index is 13.1. The van der Waals surface area contributed by atoms with Crippen LogP contribution >= 0.6 is 12.4 Å². The third kappa shape index (κ3) is 2.53. The van der Waals surface area contributed by atoms with Gasteiger partial charge in [0.05, 0.1) is 0 Å². The van der Waals surface area contributed by atoms with Crippen LogP contribution in [-0.2, 0) is 20.7 Å². The monoisotopic (exact) mass is 381 g/mol. The summed E-state index contributed by atoms with van der Waals surface area (Å²) in [6.45, 7) is 2.30. The molecule has 0 bridgehead atoms. The van der Waals surface area contributed by atoms with Crippen LogP contribution in [0.3, 0.4) is 0 Å². The highest BCUT2D eigenvalue weighted by Gasteiger charge is 2.69. The van der Waals surface area contributed by atoms with Gasteiger partial charge in [0.1, 0.15) is 12.1 Å². The molecule has 3 fully saturated rings. The molecule has 3 saturated heterocycles. The van der Waals surface area contributed by atoms with Crippen molar-refractivity contribution in [1.82, 2.24) is 9.80 Å². The maximum Gasteiger partial charge on any atom is 0.275 e. The highest BCUT2D eigenvalue weighted by atomic mass is 35.5. The Hall–Kier alpha value is -1.67. The average molecular weight is 382 g/mol. The van der Waals surface area contributed by atoms with Crippen molar-refractivity contribution in [2.75, 3.05) is 6.54 Å². The number of hydrogen-bond acceptors (Lipinski definition) is 5. The molecule has 4 rings (SSSR count). The number of fused-ring (bicyclic) bond motifs is 3. The van der Waals surface area contributed by atoms with Crippen LogP contribution in [0.2, 0.25) is 0 Å². The third-order valence-electron chi connectivity index (χ3n) is 5.62. The molecule has 26 heavy (non-hydrogen) atoms. The molecule has 3 aliphatic heterocycles. The number of halogens is 1. The van der Waals surface area contributed by atoms with Gasteiger partial charge in [-0.05, 0) is 24.8 Å². The number of nitrogens with zero attached hydrogens (tertiary/aromatic N) is 2. The van der Waals surface area contributed by atoms with Gasteiger partial charge in [0.15, 0.2) is 0 Å². The summed E-state index contributed by atoms with van der Waals surface area (Å²) in [5.74, 6) is -2.52. The van der Waals surface area contributed by atoms with E-state index < -0.39 is 29.6 Å². The van der Waals surface area contributed by atoms with E-state index >= 15 is 0 Å². The van der Waals surface area contributed by atoms with Gasteiger partial charge in [0.25, 0.3) is 11.8 Å². The number of aliphatic hydroxyl groups is 1. The fourth-order valence-electron chi connectivity index (χ4n) is 4.27. The molecule has 0 unspecified atom stereocenters. The van der Waals surface area contributed by atoms with Gasteiger partial charge < -0.3 is 14.7 Å². The average Bonchev–Trinajstić information content (AvgIpc) is 3.17. The van der Waals surface area contributed by atoms with Gasteiger partial charge in [0.2, 0.25) is 11.6 Å². The largest absolute Gasteiger partial charge is 0.347 e. The zero-order valence-electron chi connectivity index (χ0n) is 14.6. The summed E-state index contributed by atoms with van der Waals surface area (Å²) in [6.07, 6.45) is 1.90. The van der Waals surface area contributed by atoms with Crippen LogP contribution in [0, 0.1) is 0 Å². The Labute approximate surface area is 158 Å². The maximum absolute atomic E-state index is 13.1. The fraction of sp³-hybridized carbons (Fsp3) is 0.556. The second-order valence-electron chi connectivity index (χ2n) is 7.07. The van der Waals surface area contributed by atoms with Crippen LogP contribution in [-0.4, -0.2) is 57.0 Å². The molecule has 8 heteroatoms. The quantitative estimate of drug-likeness (QED) is 0.799. The normalized spacial score (nSPS) is 36.0. The lowest BCUT2D eigenvalue weighted by Crippen LogP contribution is -2.71. The number of benzene rings is 1. The summed E-state index contributed by atoms with van der Waals surface area (Å²) < 4.78 is 5.75. The first-order chi connectivity index (χ1) is 11.9. The molecular weight excluding hydrogens is 358 g/mol. The number of carbonyl (C=O) groups excluding carboxylic acids is 2. The summed E-state index contributed by atoms with van der Waals surface area (Å²) in [4.78, 5) is 28.9.